The minimum Gasteiger partial charge on any atom is -0.391 e. The molecule has 2 nitrogen and oxygen atoms in total. The average molecular weight is 409 g/mol. The quantitative estimate of drug-likeness (QED) is 0.509. The summed E-state index contributed by atoms with van der Waals surface area (Å²) in [6.07, 6.45) is 17.0. The molecule has 0 N–H and O–H groups in total. The Labute approximate surface area is 177 Å². The van der Waals surface area contributed by atoms with Crippen molar-refractivity contribution in [2.45, 2.75) is 77.0 Å². The predicted octanol–water partition coefficient (Wildman–Crippen LogP) is 6.16. The largest absolute Gasteiger partial charge is 0.399 e. The highest BCUT2D eigenvalue weighted by Crippen LogP contribution is 2.65. The molecule has 0 saturated heterocycles. The molecule has 3 fully saturated rings. The van der Waals surface area contributed by atoms with Crippen molar-refractivity contribution in [3.05, 3.63) is 32.7 Å². The third-order valence-electron chi connectivity index (χ3n) is 10.4. The van der Waals surface area contributed by atoms with Gasteiger partial charge in [-0.2, -0.15) is 0 Å². The van der Waals surface area contributed by atoms with Crippen LogP contribution in [0.5, 0.6) is 0 Å². The van der Waals surface area contributed by atoms with Gasteiger partial charge >= 0.3 is 8.56 Å². The highest BCUT2D eigenvalue weighted by atomic mass is 28.4. The summed E-state index contributed by atoms with van der Waals surface area (Å²) in [5.74, 6) is 4.76. The van der Waals surface area contributed by atoms with E-state index >= 15 is 0 Å². The fourth-order valence-corrected chi connectivity index (χ4v) is 13.7. The summed E-state index contributed by atoms with van der Waals surface area (Å²) in [5.41, 5.74) is 7.45. The van der Waals surface area contributed by atoms with Gasteiger partial charge in [-0.15, -0.1) is 0 Å². The zero-order chi connectivity index (χ0) is 19.3. The van der Waals surface area contributed by atoms with E-state index in [1.165, 1.54) is 77.0 Å². The standard InChI is InChI=1S/C26H36O2Si/c1-27-29(28-2)25-19-11-7-17(8-12-19)23(25)21-15-3-4-16(6-5-15)22(21)24-18-9-13-20(14-10-18)26(24)29/h15-20H,3-14H2,1-2H3. The fourth-order valence-electron chi connectivity index (χ4n) is 9.35. The van der Waals surface area contributed by atoms with Crippen LogP contribution in [0.4, 0.5) is 0 Å². The Morgan fingerprint density at radius 3 is 1.03 bits per heavy atom. The van der Waals surface area contributed by atoms with Crippen LogP contribution in [0.2, 0.25) is 0 Å². The normalized spacial score (nSPS) is 44.1. The first-order valence-corrected chi connectivity index (χ1v) is 14.4. The molecule has 0 atom stereocenters. The monoisotopic (exact) mass is 408 g/mol. The van der Waals surface area contributed by atoms with Gasteiger partial charge in [0.25, 0.3) is 0 Å². The first-order valence-electron chi connectivity index (χ1n) is 12.6. The lowest BCUT2D eigenvalue weighted by molar-refractivity contribution is 0.219. The van der Waals surface area contributed by atoms with Crippen LogP contribution < -0.4 is 0 Å². The molecule has 6 bridgehead atoms. The van der Waals surface area contributed by atoms with Gasteiger partial charge in [-0.05, 0) is 145 Å². The zero-order valence-electron chi connectivity index (χ0n) is 18.3. The molecule has 0 aromatic rings. The van der Waals surface area contributed by atoms with Crippen molar-refractivity contribution in [3.63, 3.8) is 0 Å². The number of fused-ring (bicyclic) bond motifs is 6. The summed E-state index contributed by atoms with van der Waals surface area (Å²) in [6, 6.07) is 0. The average Bonchev–Trinajstić information content (AvgIpc) is 2.96. The smallest absolute Gasteiger partial charge is 0.391 e. The van der Waals surface area contributed by atoms with Gasteiger partial charge in [0.2, 0.25) is 0 Å². The summed E-state index contributed by atoms with van der Waals surface area (Å²) >= 11 is 0. The molecule has 10 aliphatic rings. The van der Waals surface area contributed by atoms with Gasteiger partial charge in [0.1, 0.15) is 0 Å². The highest BCUT2D eigenvalue weighted by molar-refractivity contribution is 6.82. The van der Waals surface area contributed by atoms with Gasteiger partial charge < -0.3 is 8.85 Å². The Morgan fingerprint density at radius 1 is 0.448 bits per heavy atom. The molecular formula is C26H36O2Si. The Bertz CT molecular complexity index is 770. The molecule has 156 valence electrons. The van der Waals surface area contributed by atoms with Crippen LogP contribution in [0.1, 0.15) is 77.0 Å². The topological polar surface area (TPSA) is 18.5 Å². The predicted molar refractivity (Wildman–Crippen MR) is 117 cm³/mol. The Hall–Kier alpha value is -0.643. The summed E-state index contributed by atoms with van der Waals surface area (Å²) < 4.78 is 13.4. The molecule has 3 saturated carbocycles. The van der Waals surface area contributed by atoms with Crippen LogP contribution in [0.15, 0.2) is 32.7 Å². The Kier molecular flexibility index (Phi) is 3.84. The van der Waals surface area contributed by atoms with Crippen LogP contribution in [0.25, 0.3) is 0 Å². The van der Waals surface area contributed by atoms with Crippen molar-refractivity contribution < 1.29 is 8.85 Å². The summed E-state index contributed by atoms with van der Waals surface area (Å²) in [7, 11) is 1.50. The first kappa shape index (κ1) is 18.0. The van der Waals surface area contributed by atoms with Crippen LogP contribution in [0, 0.1) is 35.5 Å². The van der Waals surface area contributed by atoms with E-state index in [4.69, 9.17) is 8.85 Å². The van der Waals surface area contributed by atoms with Gasteiger partial charge in [-0.25, -0.2) is 0 Å². The van der Waals surface area contributed by atoms with Gasteiger partial charge in [0, 0.05) is 14.2 Å². The van der Waals surface area contributed by atoms with Gasteiger partial charge in [0.05, 0.1) is 0 Å². The van der Waals surface area contributed by atoms with Crippen molar-refractivity contribution in [1.29, 1.82) is 0 Å². The number of rotatable bonds is 2. The maximum Gasteiger partial charge on any atom is 0.399 e. The maximum absolute atomic E-state index is 6.72. The molecule has 0 aromatic carbocycles. The van der Waals surface area contributed by atoms with Gasteiger partial charge in [0.15, 0.2) is 0 Å². The number of allylic oxidation sites excluding steroid dienone is 6. The lowest BCUT2D eigenvalue weighted by atomic mass is 9.56. The summed E-state index contributed by atoms with van der Waals surface area (Å²) in [5, 5.41) is 3.50. The highest BCUT2D eigenvalue weighted by Gasteiger charge is 2.60. The van der Waals surface area contributed by atoms with Crippen LogP contribution in [-0.4, -0.2) is 22.8 Å². The van der Waals surface area contributed by atoms with E-state index in [0.717, 1.165) is 35.5 Å². The molecule has 29 heavy (non-hydrogen) atoms. The van der Waals surface area contributed by atoms with E-state index in [1.54, 1.807) is 10.4 Å². The minimum atomic E-state index is -2.51. The van der Waals surface area contributed by atoms with E-state index in [0.29, 0.717) is 0 Å². The molecule has 0 unspecified atom stereocenters. The molecule has 0 radical (unpaired) electrons. The van der Waals surface area contributed by atoms with Crippen LogP contribution in [0.3, 0.4) is 0 Å². The van der Waals surface area contributed by atoms with Crippen molar-refractivity contribution in [2.24, 2.45) is 35.5 Å². The fraction of sp³-hybridized carbons (Fsp3) is 0.769. The van der Waals surface area contributed by atoms with Gasteiger partial charge in [-0.3, -0.25) is 0 Å². The zero-order valence-corrected chi connectivity index (χ0v) is 19.3. The molecule has 10 rings (SSSR count). The second-order valence-electron chi connectivity index (χ2n) is 11.2. The lowest BCUT2D eigenvalue weighted by Gasteiger charge is -2.49. The summed E-state index contributed by atoms with van der Waals surface area (Å²) in [6.45, 7) is 0. The van der Waals surface area contributed by atoms with E-state index in [9.17, 15) is 0 Å². The van der Waals surface area contributed by atoms with E-state index in [2.05, 4.69) is 0 Å². The van der Waals surface area contributed by atoms with E-state index in [1.807, 2.05) is 36.5 Å². The van der Waals surface area contributed by atoms with Crippen LogP contribution >= 0.6 is 0 Å². The molecule has 1 aliphatic heterocycles. The summed E-state index contributed by atoms with van der Waals surface area (Å²) in [4.78, 5) is 0. The molecule has 0 spiro atoms. The minimum absolute atomic E-state index is 0.739. The third-order valence-corrected chi connectivity index (χ3v) is 14.3. The lowest BCUT2D eigenvalue weighted by Crippen LogP contribution is -2.54. The molecule has 0 amide bonds. The van der Waals surface area contributed by atoms with Crippen molar-refractivity contribution in [2.75, 3.05) is 14.2 Å². The second-order valence-corrected chi connectivity index (χ2v) is 14.3. The van der Waals surface area contributed by atoms with Crippen molar-refractivity contribution >= 4 is 8.56 Å². The Balaban J connectivity index is 1.61. The first-order chi connectivity index (χ1) is 14.3. The molecular weight excluding hydrogens is 372 g/mol. The van der Waals surface area contributed by atoms with Crippen LogP contribution in [-0.2, 0) is 8.85 Å². The van der Waals surface area contributed by atoms with E-state index in [-0.39, 0.29) is 0 Å². The molecule has 9 aliphatic carbocycles. The van der Waals surface area contributed by atoms with E-state index < -0.39 is 8.56 Å². The number of hydrogen-bond donors (Lipinski definition) is 0. The van der Waals surface area contributed by atoms with Crippen molar-refractivity contribution in [1.82, 2.24) is 0 Å². The third kappa shape index (κ3) is 2.11. The second kappa shape index (κ2) is 6.20. The Morgan fingerprint density at radius 2 is 0.724 bits per heavy atom. The van der Waals surface area contributed by atoms with Gasteiger partial charge in [-0.1, -0.05) is 0 Å². The molecule has 3 heteroatoms. The molecule has 0 aromatic heterocycles. The molecule has 1 heterocycles. The SMILES string of the molecule is CO[Si]1(OC)C2=C(C3=C(C4=C1C1CCC4CC1)C1CCC3CC1)C1CCC2CC1. The van der Waals surface area contributed by atoms with Crippen molar-refractivity contribution in [3.8, 4) is 0 Å². The number of hydrogen-bond acceptors (Lipinski definition) is 2. The maximum atomic E-state index is 6.72.